The van der Waals surface area contributed by atoms with Crippen LogP contribution in [0.25, 0.3) is 0 Å². The van der Waals surface area contributed by atoms with Crippen molar-refractivity contribution in [1.82, 2.24) is 10.2 Å². The Morgan fingerprint density at radius 2 is 2.20 bits per heavy atom. The van der Waals surface area contributed by atoms with E-state index in [1.807, 2.05) is 7.05 Å². The van der Waals surface area contributed by atoms with Crippen molar-refractivity contribution < 1.29 is 13.9 Å². The number of nitrogens with one attached hydrogen (secondary N) is 1. The number of ether oxygens (including phenoxy) is 1. The van der Waals surface area contributed by atoms with Gasteiger partial charge >= 0.3 is 0 Å². The first kappa shape index (κ1) is 15.1. The molecule has 2 rings (SSSR count). The summed E-state index contributed by atoms with van der Waals surface area (Å²) in [4.78, 5) is 13.8. The fraction of sp³-hybridized carbons (Fsp3) is 0.500. The van der Waals surface area contributed by atoms with E-state index in [-0.39, 0.29) is 17.5 Å². The van der Waals surface area contributed by atoms with E-state index in [2.05, 4.69) is 5.32 Å². The first-order valence-electron chi connectivity index (χ1n) is 6.63. The molecule has 1 saturated heterocycles. The molecule has 20 heavy (non-hydrogen) atoms. The Bertz CT molecular complexity index is 476. The zero-order valence-corrected chi connectivity index (χ0v) is 12.1. The van der Waals surface area contributed by atoms with E-state index in [9.17, 15) is 9.18 Å². The summed E-state index contributed by atoms with van der Waals surface area (Å²) in [5.41, 5.74) is 0. The van der Waals surface area contributed by atoms with Gasteiger partial charge in [-0.3, -0.25) is 4.79 Å². The van der Waals surface area contributed by atoms with Gasteiger partial charge in [0, 0.05) is 19.1 Å². The fourth-order valence-electron chi connectivity index (χ4n) is 2.24. The number of piperidine rings is 1. The molecule has 1 aliphatic rings. The van der Waals surface area contributed by atoms with Gasteiger partial charge < -0.3 is 15.0 Å². The second-order valence-electron chi connectivity index (χ2n) is 4.81. The van der Waals surface area contributed by atoms with Crippen LogP contribution in [0.4, 0.5) is 4.39 Å². The van der Waals surface area contributed by atoms with Gasteiger partial charge in [-0.15, -0.1) is 0 Å². The van der Waals surface area contributed by atoms with Crippen LogP contribution in [0.2, 0.25) is 5.02 Å². The van der Waals surface area contributed by atoms with Crippen LogP contribution in [0.5, 0.6) is 5.75 Å². The predicted octanol–water partition coefficient (Wildman–Crippen LogP) is 2.07. The maximum atomic E-state index is 12.9. The average molecular weight is 301 g/mol. The highest BCUT2D eigenvalue weighted by molar-refractivity contribution is 6.32. The second kappa shape index (κ2) is 6.90. The van der Waals surface area contributed by atoms with Crippen LogP contribution in [0.1, 0.15) is 12.8 Å². The third-order valence-electron chi connectivity index (χ3n) is 3.50. The number of hydrogen-bond donors (Lipinski definition) is 1. The van der Waals surface area contributed by atoms with Gasteiger partial charge in [0.25, 0.3) is 5.91 Å². The van der Waals surface area contributed by atoms with Crippen LogP contribution < -0.4 is 10.1 Å². The molecule has 1 aromatic rings. The standard InChI is InChI=1S/C14H18ClFN2O2/c1-17-11-4-6-18(7-5-11)14(19)9-20-13-3-2-10(16)8-12(13)15/h2-3,8,11,17H,4-7,9H2,1H3. The molecule has 1 heterocycles. The molecule has 0 saturated carbocycles. The van der Waals surface area contributed by atoms with Crippen LogP contribution in [-0.2, 0) is 4.79 Å². The number of carbonyl (C=O) groups excluding carboxylic acids is 1. The number of nitrogens with zero attached hydrogens (tertiary/aromatic N) is 1. The summed E-state index contributed by atoms with van der Waals surface area (Å²) in [7, 11) is 1.93. The number of amides is 1. The molecule has 1 fully saturated rings. The maximum Gasteiger partial charge on any atom is 0.260 e. The highest BCUT2D eigenvalue weighted by Crippen LogP contribution is 2.24. The Hall–Kier alpha value is -1.33. The zero-order valence-electron chi connectivity index (χ0n) is 11.4. The summed E-state index contributed by atoms with van der Waals surface area (Å²) < 4.78 is 18.2. The van der Waals surface area contributed by atoms with E-state index in [1.54, 1.807) is 4.90 Å². The minimum Gasteiger partial charge on any atom is -0.482 e. The van der Waals surface area contributed by atoms with Crippen molar-refractivity contribution in [3.63, 3.8) is 0 Å². The number of carbonyl (C=O) groups is 1. The van der Waals surface area contributed by atoms with Crippen molar-refractivity contribution in [3.05, 3.63) is 29.0 Å². The normalized spacial score (nSPS) is 16.2. The SMILES string of the molecule is CNC1CCN(C(=O)COc2ccc(F)cc2Cl)CC1. The summed E-state index contributed by atoms with van der Waals surface area (Å²) in [5.74, 6) is -0.172. The second-order valence-corrected chi connectivity index (χ2v) is 5.21. The Morgan fingerprint density at radius 3 is 2.80 bits per heavy atom. The van der Waals surface area contributed by atoms with Crippen LogP contribution in [0.15, 0.2) is 18.2 Å². The summed E-state index contributed by atoms with van der Waals surface area (Å²) >= 11 is 5.84. The molecule has 0 atom stereocenters. The Balaban J connectivity index is 1.83. The van der Waals surface area contributed by atoms with Gasteiger partial charge in [0.15, 0.2) is 6.61 Å². The summed E-state index contributed by atoms with van der Waals surface area (Å²) in [6.07, 6.45) is 1.89. The number of likely N-dealkylation sites (tertiary alicyclic amines) is 1. The van der Waals surface area contributed by atoms with E-state index < -0.39 is 5.82 Å². The van der Waals surface area contributed by atoms with Crippen molar-refractivity contribution in [1.29, 1.82) is 0 Å². The monoisotopic (exact) mass is 300 g/mol. The quantitative estimate of drug-likeness (QED) is 0.925. The number of halogens is 2. The first-order valence-corrected chi connectivity index (χ1v) is 7.01. The molecule has 1 aliphatic heterocycles. The van der Waals surface area contributed by atoms with E-state index in [1.165, 1.54) is 18.2 Å². The third-order valence-corrected chi connectivity index (χ3v) is 3.80. The molecule has 0 radical (unpaired) electrons. The maximum absolute atomic E-state index is 12.9. The fourth-order valence-corrected chi connectivity index (χ4v) is 2.46. The molecule has 4 nitrogen and oxygen atoms in total. The molecule has 1 amide bonds. The van der Waals surface area contributed by atoms with Crippen molar-refractivity contribution in [2.24, 2.45) is 0 Å². The zero-order chi connectivity index (χ0) is 14.5. The third kappa shape index (κ3) is 3.84. The minimum absolute atomic E-state index is 0.0695. The Kier molecular flexibility index (Phi) is 5.20. The lowest BCUT2D eigenvalue weighted by molar-refractivity contribution is -0.134. The molecule has 0 unspecified atom stereocenters. The molecule has 0 spiro atoms. The lowest BCUT2D eigenvalue weighted by atomic mass is 10.1. The Labute approximate surface area is 122 Å². The molecule has 6 heteroatoms. The molecular formula is C14H18ClFN2O2. The van der Waals surface area contributed by atoms with Crippen molar-refractivity contribution >= 4 is 17.5 Å². The lowest BCUT2D eigenvalue weighted by Crippen LogP contribution is -2.45. The van der Waals surface area contributed by atoms with Crippen molar-refractivity contribution in [2.75, 3.05) is 26.7 Å². The first-order chi connectivity index (χ1) is 9.60. The van der Waals surface area contributed by atoms with Gasteiger partial charge in [0.1, 0.15) is 11.6 Å². The van der Waals surface area contributed by atoms with E-state index in [4.69, 9.17) is 16.3 Å². The number of benzene rings is 1. The van der Waals surface area contributed by atoms with Gasteiger partial charge in [-0.2, -0.15) is 0 Å². The summed E-state index contributed by atoms with van der Waals surface area (Å²) in [6.45, 7) is 1.38. The number of hydrogen-bond acceptors (Lipinski definition) is 3. The molecular weight excluding hydrogens is 283 g/mol. The van der Waals surface area contributed by atoms with E-state index in [0.29, 0.717) is 11.8 Å². The van der Waals surface area contributed by atoms with Gasteiger partial charge in [-0.1, -0.05) is 11.6 Å². The van der Waals surface area contributed by atoms with Gasteiger partial charge in [-0.05, 0) is 38.1 Å². The largest absolute Gasteiger partial charge is 0.482 e. The highest BCUT2D eigenvalue weighted by Gasteiger charge is 2.22. The number of rotatable bonds is 4. The lowest BCUT2D eigenvalue weighted by Gasteiger charge is -2.31. The van der Waals surface area contributed by atoms with Gasteiger partial charge in [-0.25, -0.2) is 4.39 Å². The molecule has 110 valence electrons. The summed E-state index contributed by atoms with van der Waals surface area (Å²) in [5, 5.41) is 3.38. The Morgan fingerprint density at radius 1 is 1.50 bits per heavy atom. The summed E-state index contributed by atoms with van der Waals surface area (Å²) in [6, 6.07) is 4.33. The van der Waals surface area contributed by atoms with E-state index in [0.717, 1.165) is 25.9 Å². The minimum atomic E-state index is -0.428. The van der Waals surface area contributed by atoms with Gasteiger partial charge in [0.05, 0.1) is 5.02 Å². The highest BCUT2D eigenvalue weighted by atomic mass is 35.5. The van der Waals surface area contributed by atoms with E-state index >= 15 is 0 Å². The van der Waals surface area contributed by atoms with Crippen molar-refractivity contribution in [2.45, 2.75) is 18.9 Å². The van der Waals surface area contributed by atoms with Crippen LogP contribution in [0, 0.1) is 5.82 Å². The smallest absolute Gasteiger partial charge is 0.260 e. The average Bonchev–Trinajstić information content (AvgIpc) is 2.46. The molecule has 0 aromatic heterocycles. The topological polar surface area (TPSA) is 41.6 Å². The van der Waals surface area contributed by atoms with Crippen molar-refractivity contribution in [3.8, 4) is 5.75 Å². The molecule has 1 N–H and O–H groups in total. The molecule has 0 bridgehead atoms. The van der Waals surface area contributed by atoms with Crippen LogP contribution >= 0.6 is 11.6 Å². The van der Waals surface area contributed by atoms with Crippen LogP contribution in [-0.4, -0.2) is 43.6 Å². The van der Waals surface area contributed by atoms with Gasteiger partial charge in [0.2, 0.25) is 0 Å². The molecule has 1 aromatic carbocycles. The van der Waals surface area contributed by atoms with Crippen LogP contribution in [0.3, 0.4) is 0 Å². The molecule has 0 aliphatic carbocycles. The predicted molar refractivity (Wildman–Crippen MR) is 75.6 cm³/mol.